The van der Waals surface area contributed by atoms with Gasteiger partial charge in [0.25, 0.3) is 0 Å². The zero-order valence-corrected chi connectivity index (χ0v) is 13.7. The lowest BCUT2D eigenvalue weighted by atomic mass is 10.2. The summed E-state index contributed by atoms with van der Waals surface area (Å²) >= 11 is 0. The van der Waals surface area contributed by atoms with E-state index in [0.717, 1.165) is 25.9 Å². The van der Waals surface area contributed by atoms with Crippen LogP contribution >= 0.6 is 0 Å². The molecule has 6 heteroatoms. The van der Waals surface area contributed by atoms with E-state index < -0.39 is 11.7 Å². The highest BCUT2D eigenvalue weighted by atomic mass is 16.6. The van der Waals surface area contributed by atoms with E-state index in [4.69, 9.17) is 9.47 Å². The summed E-state index contributed by atoms with van der Waals surface area (Å²) in [5.41, 5.74) is -0.456. The number of methoxy groups -OCH3 is 1. The van der Waals surface area contributed by atoms with Gasteiger partial charge in [0.05, 0.1) is 12.7 Å². The highest BCUT2D eigenvalue weighted by Gasteiger charge is 2.31. The number of rotatable bonds is 7. The van der Waals surface area contributed by atoms with Crippen molar-refractivity contribution >= 4 is 6.09 Å². The average Bonchev–Trinajstić information content (AvgIpc) is 2.81. The Morgan fingerprint density at radius 2 is 2.19 bits per heavy atom. The lowest BCUT2D eigenvalue weighted by molar-refractivity contribution is 0.0224. The van der Waals surface area contributed by atoms with Crippen LogP contribution in [-0.2, 0) is 9.47 Å². The molecule has 0 aromatic heterocycles. The van der Waals surface area contributed by atoms with Crippen LogP contribution < -0.4 is 5.32 Å². The number of likely N-dealkylation sites (tertiary alicyclic amines) is 1. The molecule has 0 spiro atoms. The number of hydrogen-bond donors (Lipinski definition) is 2. The van der Waals surface area contributed by atoms with Gasteiger partial charge in [0.15, 0.2) is 0 Å². The largest absolute Gasteiger partial charge is 0.444 e. The molecule has 1 aliphatic heterocycles. The Kier molecular flexibility index (Phi) is 7.42. The molecule has 2 N–H and O–H groups in total. The molecule has 1 aliphatic rings. The van der Waals surface area contributed by atoms with Crippen molar-refractivity contribution in [1.82, 2.24) is 10.2 Å². The molecule has 1 saturated heterocycles. The van der Waals surface area contributed by atoms with Gasteiger partial charge in [0.2, 0.25) is 0 Å². The third-order valence-corrected chi connectivity index (χ3v) is 3.40. The predicted molar refractivity (Wildman–Crippen MR) is 81.3 cm³/mol. The predicted octanol–water partition coefficient (Wildman–Crippen LogP) is 1.37. The fourth-order valence-electron chi connectivity index (χ4n) is 2.42. The Labute approximate surface area is 127 Å². The van der Waals surface area contributed by atoms with Gasteiger partial charge in [-0.15, -0.1) is 0 Å². The summed E-state index contributed by atoms with van der Waals surface area (Å²) in [5, 5.41) is 12.9. The Morgan fingerprint density at radius 1 is 1.48 bits per heavy atom. The first-order chi connectivity index (χ1) is 9.83. The second-order valence-electron chi connectivity index (χ2n) is 6.57. The van der Waals surface area contributed by atoms with E-state index in [1.807, 2.05) is 25.7 Å². The molecule has 6 nitrogen and oxygen atoms in total. The van der Waals surface area contributed by atoms with Crippen LogP contribution in [0.1, 0.15) is 40.0 Å². The van der Waals surface area contributed by atoms with Crippen molar-refractivity contribution in [3.63, 3.8) is 0 Å². The van der Waals surface area contributed by atoms with E-state index in [2.05, 4.69) is 5.32 Å². The maximum absolute atomic E-state index is 12.1. The first-order valence-electron chi connectivity index (χ1n) is 7.71. The van der Waals surface area contributed by atoms with Gasteiger partial charge in [-0.2, -0.15) is 0 Å². The van der Waals surface area contributed by atoms with Crippen molar-refractivity contribution in [2.45, 2.75) is 57.8 Å². The fourth-order valence-corrected chi connectivity index (χ4v) is 2.42. The summed E-state index contributed by atoms with van der Waals surface area (Å²) in [7, 11) is 1.58. The van der Waals surface area contributed by atoms with E-state index >= 15 is 0 Å². The molecule has 1 amide bonds. The van der Waals surface area contributed by atoms with Gasteiger partial charge in [0, 0.05) is 26.2 Å². The summed E-state index contributed by atoms with van der Waals surface area (Å²) in [6, 6.07) is 0.180. The lowest BCUT2D eigenvalue weighted by Gasteiger charge is -2.28. The third-order valence-electron chi connectivity index (χ3n) is 3.40. The van der Waals surface area contributed by atoms with Crippen molar-refractivity contribution < 1.29 is 19.4 Å². The minimum absolute atomic E-state index is 0.180. The van der Waals surface area contributed by atoms with Crippen molar-refractivity contribution in [2.75, 3.05) is 33.4 Å². The molecule has 124 valence electrons. The van der Waals surface area contributed by atoms with Crippen molar-refractivity contribution in [3.05, 3.63) is 0 Å². The number of ether oxygens (including phenoxy) is 2. The highest BCUT2D eigenvalue weighted by Crippen LogP contribution is 2.20. The van der Waals surface area contributed by atoms with Gasteiger partial charge in [-0.05, 0) is 46.6 Å². The monoisotopic (exact) mass is 302 g/mol. The van der Waals surface area contributed by atoms with Crippen LogP contribution in [0, 0.1) is 0 Å². The van der Waals surface area contributed by atoms with E-state index in [1.165, 1.54) is 0 Å². The number of carbonyl (C=O) groups is 1. The molecule has 21 heavy (non-hydrogen) atoms. The number of carbonyl (C=O) groups excluding carboxylic acids is 1. The van der Waals surface area contributed by atoms with E-state index in [1.54, 1.807) is 7.11 Å². The van der Waals surface area contributed by atoms with Crippen LogP contribution in [0.15, 0.2) is 0 Å². The fraction of sp³-hybridized carbons (Fsp3) is 0.933. The molecule has 1 heterocycles. The van der Waals surface area contributed by atoms with Crippen molar-refractivity contribution in [2.24, 2.45) is 0 Å². The number of hydrogen-bond acceptors (Lipinski definition) is 5. The molecule has 2 unspecified atom stereocenters. The molecule has 0 aromatic carbocycles. The zero-order chi connectivity index (χ0) is 15.9. The topological polar surface area (TPSA) is 71.0 Å². The second-order valence-corrected chi connectivity index (χ2v) is 6.57. The third kappa shape index (κ3) is 7.11. The highest BCUT2D eigenvalue weighted by molar-refractivity contribution is 5.69. The minimum atomic E-state index is -0.456. The molecule has 1 fully saturated rings. The van der Waals surface area contributed by atoms with Gasteiger partial charge in [-0.3, -0.25) is 0 Å². The van der Waals surface area contributed by atoms with Crippen molar-refractivity contribution in [3.8, 4) is 0 Å². The number of aliphatic hydroxyl groups is 1. The first kappa shape index (κ1) is 18.2. The Bertz CT molecular complexity index is 317. The van der Waals surface area contributed by atoms with E-state index in [0.29, 0.717) is 19.6 Å². The maximum Gasteiger partial charge on any atom is 0.410 e. The van der Waals surface area contributed by atoms with Gasteiger partial charge in [-0.25, -0.2) is 4.79 Å². The molecular formula is C15H30N2O4. The smallest absolute Gasteiger partial charge is 0.410 e. The Hall–Kier alpha value is -0.850. The molecular weight excluding hydrogens is 272 g/mol. The van der Waals surface area contributed by atoms with E-state index in [9.17, 15) is 9.90 Å². The molecule has 0 saturated carbocycles. The normalized spacial score (nSPS) is 20.6. The number of nitrogens with one attached hydrogen (secondary N) is 1. The molecule has 0 aromatic rings. The molecule has 2 atom stereocenters. The van der Waals surface area contributed by atoms with Crippen LogP contribution in [0.3, 0.4) is 0 Å². The molecule has 0 radical (unpaired) electrons. The molecule has 1 rings (SSSR count). The first-order valence-corrected chi connectivity index (χ1v) is 7.71. The summed E-state index contributed by atoms with van der Waals surface area (Å²) in [4.78, 5) is 13.9. The van der Waals surface area contributed by atoms with Crippen LogP contribution in [-0.4, -0.2) is 67.2 Å². The van der Waals surface area contributed by atoms with E-state index in [-0.39, 0.29) is 12.1 Å². The molecule has 0 bridgehead atoms. The minimum Gasteiger partial charge on any atom is -0.444 e. The Balaban J connectivity index is 2.29. The lowest BCUT2D eigenvalue weighted by Crippen LogP contribution is -2.44. The van der Waals surface area contributed by atoms with Crippen LogP contribution in [0.2, 0.25) is 0 Å². The van der Waals surface area contributed by atoms with Crippen LogP contribution in [0.4, 0.5) is 4.79 Å². The van der Waals surface area contributed by atoms with Gasteiger partial charge >= 0.3 is 6.09 Å². The summed E-state index contributed by atoms with van der Waals surface area (Å²) in [5.74, 6) is 0. The SMILES string of the molecule is COCC(O)CCNCC1CCCN1C(=O)OC(C)(C)C. The standard InChI is InChI=1S/C15H30N2O4/c1-15(2,3)21-14(19)17-9-5-6-12(17)10-16-8-7-13(18)11-20-4/h12-13,16,18H,5-11H2,1-4H3. The zero-order valence-electron chi connectivity index (χ0n) is 13.7. The molecule has 0 aliphatic carbocycles. The second kappa shape index (κ2) is 8.56. The summed E-state index contributed by atoms with van der Waals surface area (Å²) in [6.45, 7) is 8.20. The average molecular weight is 302 g/mol. The number of amides is 1. The Morgan fingerprint density at radius 3 is 2.81 bits per heavy atom. The number of nitrogens with zero attached hydrogens (tertiary/aromatic N) is 1. The quantitative estimate of drug-likeness (QED) is 0.695. The number of aliphatic hydroxyl groups excluding tert-OH is 1. The van der Waals surface area contributed by atoms with Gasteiger partial charge in [0.1, 0.15) is 5.60 Å². The summed E-state index contributed by atoms with van der Waals surface area (Å²) in [6.07, 6.45) is 1.98. The van der Waals surface area contributed by atoms with Gasteiger partial charge < -0.3 is 24.8 Å². The van der Waals surface area contributed by atoms with Gasteiger partial charge in [-0.1, -0.05) is 0 Å². The maximum atomic E-state index is 12.1. The van der Waals surface area contributed by atoms with Crippen LogP contribution in [0.25, 0.3) is 0 Å². The van der Waals surface area contributed by atoms with Crippen molar-refractivity contribution in [1.29, 1.82) is 0 Å². The summed E-state index contributed by atoms with van der Waals surface area (Å²) < 4.78 is 10.3. The van der Waals surface area contributed by atoms with Crippen LogP contribution in [0.5, 0.6) is 0 Å².